The molecular weight excluding hydrogens is 136 g/mol. The summed E-state index contributed by atoms with van der Waals surface area (Å²) in [5.74, 6) is -1.84. The van der Waals surface area contributed by atoms with E-state index in [1.165, 1.54) is 0 Å². The summed E-state index contributed by atoms with van der Waals surface area (Å²) in [6.45, 7) is -0.147. The van der Waals surface area contributed by atoms with Gasteiger partial charge in [-0.25, -0.2) is 0 Å². The fourth-order valence-electron chi connectivity index (χ4n) is 0.338. The summed E-state index contributed by atoms with van der Waals surface area (Å²) >= 11 is 0. The normalized spacial score (nSPS) is 7.90. The summed E-state index contributed by atoms with van der Waals surface area (Å²) in [7, 11) is 0. The molecule has 0 aromatic rings. The minimum atomic E-state index is -1.20. The average molecular weight is 142 g/mol. The molecule has 5 heteroatoms. The fraction of sp³-hybridized carbons (Fsp3) is 0.400. The average Bonchev–Trinajstić information content (AvgIpc) is 1.82. The summed E-state index contributed by atoms with van der Waals surface area (Å²) in [5, 5.41) is 18.1. The van der Waals surface area contributed by atoms with Crippen LogP contribution in [0.3, 0.4) is 0 Å². The van der Waals surface area contributed by atoms with E-state index in [4.69, 9.17) is 10.4 Å². The highest BCUT2D eigenvalue weighted by Crippen LogP contribution is 1.76. The van der Waals surface area contributed by atoms with Crippen molar-refractivity contribution in [2.24, 2.45) is 0 Å². The van der Waals surface area contributed by atoms with Gasteiger partial charge in [0.05, 0.1) is 6.07 Å². The number of hydrogen-bond donors (Lipinski definition) is 2. The third kappa shape index (κ3) is 4.59. The Morgan fingerprint density at radius 3 is 2.60 bits per heavy atom. The standard InChI is InChI=1S/C5H6N2O3/c6-1-2-7-4(8)3-5(9)10/h2-3H2,(H,7,8)(H,9,10). The Hall–Kier alpha value is -1.57. The van der Waals surface area contributed by atoms with Crippen molar-refractivity contribution < 1.29 is 14.7 Å². The number of nitriles is 1. The van der Waals surface area contributed by atoms with Crippen LogP contribution in [0.15, 0.2) is 0 Å². The molecule has 0 aliphatic heterocycles. The number of hydrogen-bond acceptors (Lipinski definition) is 3. The molecule has 0 aromatic heterocycles. The van der Waals surface area contributed by atoms with Crippen molar-refractivity contribution in [1.29, 1.82) is 5.26 Å². The van der Waals surface area contributed by atoms with Crippen LogP contribution in [-0.4, -0.2) is 23.5 Å². The number of nitrogens with zero attached hydrogens (tertiary/aromatic N) is 1. The third-order valence-corrected chi connectivity index (χ3v) is 0.676. The highest BCUT2D eigenvalue weighted by atomic mass is 16.4. The van der Waals surface area contributed by atoms with E-state index in [0.29, 0.717) is 0 Å². The largest absolute Gasteiger partial charge is 0.481 e. The summed E-state index contributed by atoms with van der Waals surface area (Å²) in [6.07, 6.45) is -0.582. The van der Waals surface area contributed by atoms with E-state index in [9.17, 15) is 9.59 Å². The van der Waals surface area contributed by atoms with Crippen molar-refractivity contribution in [2.45, 2.75) is 6.42 Å². The van der Waals surface area contributed by atoms with Gasteiger partial charge in [-0.15, -0.1) is 0 Å². The Labute approximate surface area is 57.3 Å². The Morgan fingerprint density at radius 1 is 1.60 bits per heavy atom. The summed E-state index contributed by atoms with van der Waals surface area (Å²) < 4.78 is 0. The quantitative estimate of drug-likeness (QED) is 0.394. The van der Waals surface area contributed by atoms with Gasteiger partial charge in [-0.05, 0) is 0 Å². The molecule has 1 amide bonds. The maximum Gasteiger partial charge on any atom is 0.312 e. The Bertz CT molecular complexity index is 182. The van der Waals surface area contributed by atoms with Crippen LogP contribution < -0.4 is 5.32 Å². The Kier molecular flexibility index (Phi) is 3.64. The first-order valence-corrected chi connectivity index (χ1v) is 2.52. The highest BCUT2D eigenvalue weighted by Gasteiger charge is 2.04. The zero-order chi connectivity index (χ0) is 7.98. The zero-order valence-electron chi connectivity index (χ0n) is 5.13. The zero-order valence-corrected chi connectivity index (χ0v) is 5.13. The predicted octanol–water partition coefficient (Wildman–Crippen LogP) is -0.899. The van der Waals surface area contributed by atoms with Gasteiger partial charge in [0.2, 0.25) is 5.91 Å². The number of carbonyl (C=O) groups is 2. The molecule has 0 fully saturated rings. The lowest BCUT2D eigenvalue weighted by atomic mass is 10.4. The van der Waals surface area contributed by atoms with Crippen LogP contribution in [0.4, 0.5) is 0 Å². The molecule has 0 unspecified atom stereocenters. The first kappa shape index (κ1) is 8.43. The predicted molar refractivity (Wildman–Crippen MR) is 30.9 cm³/mol. The maximum atomic E-state index is 10.4. The van der Waals surface area contributed by atoms with Crippen molar-refractivity contribution in [3.05, 3.63) is 0 Å². The lowest BCUT2D eigenvalue weighted by molar-refractivity contribution is -0.140. The summed E-state index contributed by atoms with van der Waals surface area (Å²) in [4.78, 5) is 20.2. The summed E-state index contributed by atoms with van der Waals surface area (Å²) in [5.41, 5.74) is 0. The lowest BCUT2D eigenvalue weighted by Gasteiger charge is -1.94. The van der Waals surface area contributed by atoms with E-state index < -0.39 is 18.3 Å². The van der Waals surface area contributed by atoms with Gasteiger partial charge < -0.3 is 10.4 Å². The van der Waals surface area contributed by atoms with Crippen molar-refractivity contribution in [3.8, 4) is 6.07 Å². The van der Waals surface area contributed by atoms with Crippen LogP contribution in [-0.2, 0) is 9.59 Å². The van der Waals surface area contributed by atoms with Gasteiger partial charge >= 0.3 is 5.97 Å². The van der Waals surface area contributed by atoms with Gasteiger partial charge in [0.25, 0.3) is 0 Å². The fourth-order valence-corrected chi connectivity index (χ4v) is 0.338. The van der Waals surface area contributed by atoms with Crippen LogP contribution in [0.5, 0.6) is 0 Å². The van der Waals surface area contributed by atoms with Gasteiger partial charge in [0.1, 0.15) is 13.0 Å². The van der Waals surface area contributed by atoms with E-state index in [1.807, 2.05) is 0 Å². The van der Waals surface area contributed by atoms with E-state index >= 15 is 0 Å². The van der Waals surface area contributed by atoms with Crippen LogP contribution in [0.2, 0.25) is 0 Å². The van der Waals surface area contributed by atoms with E-state index in [2.05, 4.69) is 5.32 Å². The second kappa shape index (κ2) is 4.32. The molecule has 0 aliphatic rings. The molecule has 0 aromatic carbocycles. The SMILES string of the molecule is N#CCNC(=O)CC(=O)O. The molecule has 5 nitrogen and oxygen atoms in total. The molecule has 0 saturated carbocycles. The molecule has 0 aliphatic carbocycles. The number of aliphatic carboxylic acids is 1. The Morgan fingerprint density at radius 2 is 2.20 bits per heavy atom. The second-order valence-electron chi connectivity index (χ2n) is 1.51. The van der Waals surface area contributed by atoms with Gasteiger partial charge in [0.15, 0.2) is 0 Å². The highest BCUT2D eigenvalue weighted by molar-refractivity contribution is 5.93. The minimum Gasteiger partial charge on any atom is -0.481 e. The van der Waals surface area contributed by atoms with Crippen LogP contribution in [0.25, 0.3) is 0 Å². The molecular formula is C5H6N2O3. The smallest absolute Gasteiger partial charge is 0.312 e. The molecule has 0 saturated heterocycles. The van der Waals surface area contributed by atoms with Crippen molar-refractivity contribution in [2.75, 3.05) is 6.54 Å². The third-order valence-electron chi connectivity index (χ3n) is 0.676. The first-order chi connectivity index (χ1) is 4.66. The molecule has 10 heavy (non-hydrogen) atoms. The van der Waals surface area contributed by atoms with Gasteiger partial charge in [-0.2, -0.15) is 5.26 Å². The van der Waals surface area contributed by atoms with Crippen molar-refractivity contribution >= 4 is 11.9 Å². The summed E-state index contributed by atoms with van der Waals surface area (Å²) in [6, 6.07) is 1.65. The topological polar surface area (TPSA) is 90.2 Å². The molecule has 0 bridgehead atoms. The van der Waals surface area contributed by atoms with Crippen molar-refractivity contribution in [3.63, 3.8) is 0 Å². The van der Waals surface area contributed by atoms with E-state index in [1.54, 1.807) is 6.07 Å². The molecule has 0 spiro atoms. The van der Waals surface area contributed by atoms with Gasteiger partial charge in [-0.1, -0.05) is 0 Å². The lowest BCUT2D eigenvalue weighted by Crippen LogP contribution is -2.25. The molecule has 2 N–H and O–H groups in total. The number of amides is 1. The van der Waals surface area contributed by atoms with Gasteiger partial charge in [0, 0.05) is 0 Å². The number of carbonyl (C=O) groups excluding carboxylic acids is 1. The molecule has 0 heterocycles. The van der Waals surface area contributed by atoms with Crippen LogP contribution >= 0.6 is 0 Å². The van der Waals surface area contributed by atoms with Crippen molar-refractivity contribution in [1.82, 2.24) is 5.32 Å². The minimum absolute atomic E-state index is 0.147. The maximum absolute atomic E-state index is 10.4. The van der Waals surface area contributed by atoms with Gasteiger partial charge in [-0.3, -0.25) is 9.59 Å². The first-order valence-electron chi connectivity index (χ1n) is 2.52. The number of rotatable bonds is 3. The monoisotopic (exact) mass is 142 g/mol. The number of nitrogens with one attached hydrogen (secondary N) is 1. The number of carboxylic acid groups (broad SMARTS) is 1. The van der Waals surface area contributed by atoms with Crippen LogP contribution in [0.1, 0.15) is 6.42 Å². The molecule has 0 atom stereocenters. The van der Waals surface area contributed by atoms with E-state index in [0.717, 1.165) is 0 Å². The molecule has 0 radical (unpaired) electrons. The van der Waals surface area contributed by atoms with Crippen LogP contribution in [0, 0.1) is 11.3 Å². The van der Waals surface area contributed by atoms with E-state index in [-0.39, 0.29) is 6.54 Å². The Balaban J connectivity index is 3.47. The number of carboxylic acids is 1. The second-order valence-corrected chi connectivity index (χ2v) is 1.51. The molecule has 0 rings (SSSR count). The molecule has 54 valence electrons.